The lowest BCUT2D eigenvalue weighted by Gasteiger charge is -2.34. The third-order valence-electron chi connectivity index (χ3n) is 5.20. The Labute approximate surface area is 171 Å². The molecule has 7 nitrogen and oxygen atoms in total. The van der Waals surface area contributed by atoms with E-state index >= 15 is 0 Å². The lowest BCUT2D eigenvalue weighted by atomic mass is 10.1. The molecular weight excluding hydrogens is 397 g/mol. The molecule has 0 bridgehead atoms. The zero-order valence-corrected chi connectivity index (χ0v) is 16.4. The average Bonchev–Trinajstić information content (AvgIpc) is 3.17. The Bertz CT molecular complexity index is 1060. The van der Waals surface area contributed by atoms with Crippen molar-refractivity contribution in [3.05, 3.63) is 54.0 Å². The Morgan fingerprint density at radius 2 is 1.93 bits per heavy atom. The summed E-state index contributed by atoms with van der Waals surface area (Å²) in [6.07, 6.45) is -1.09. The molecule has 1 N–H and O–H groups in total. The van der Waals surface area contributed by atoms with Crippen LogP contribution in [0.4, 0.5) is 24.7 Å². The van der Waals surface area contributed by atoms with Crippen LogP contribution in [0.15, 0.2) is 42.9 Å². The Hall–Kier alpha value is -3.30. The lowest BCUT2D eigenvalue weighted by molar-refractivity contribution is -0.137. The molecule has 0 saturated carbocycles. The SMILES string of the molecule is CC(=O)N1CCN(c2cc3c(NCc4cccc(C(F)(F)F)c4)ncnn3c2)CC1. The number of carbonyl (C=O) groups is 1. The number of fused-ring (bicyclic) bond motifs is 1. The highest BCUT2D eigenvalue weighted by Gasteiger charge is 2.30. The van der Waals surface area contributed by atoms with E-state index in [1.54, 1.807) is 17.5 Å². The van der Waals surface area contributed by atoms with Crippen molar-refractivity contribution in [2.75, 3.05) is 36.4 Å². The molecule has 2 aromatic heterocycles. The van der Waals surface area contributed by atoms with Gasteiger partial charge in [0.05, 0.1) is 17.4 Å². The van der Waals surface area contributed by atoms with Crippen molar-refractivity contribution in [3.8, 4) is 0 Å². The number of piperazine rings is 1. The second-order valence-electron chi connectivity index (χ2n) is 7.18. The van der Waals surface area contributed by atoms with E-state index in [-0.39, 0.29) is 12.5 Å². The van der Waals surface area contributed by atoms with Gasteiger partial charge >= 0.3 is 6.18 Å². The monoisotopic (exact) mass is 418 g/mol. The number of rotatable bonds is 4. The minimum Gasteiger partial charge on any atom is -0.367 e. The van der Waals surface area contributed by atoms with Gasteiger partial charge < -0.3 is 15.1 Å². The van der Waals surface area contributed by atoms with Crippen molar-refractivity contribution in [1.29, 1.82) is 0 Å². The molecule has 10 heteroatoms. The van der Waals surface area contributed by atoms with Gasteiger partial charge in [-0.05, 0) is 23.8 Å². The van der Waals surface area contributed by atoms with E-state index in [2.05, 4.69) is 20.3 Å². The third-order valence-corrected chi connectivity index (χ3v) is 5.20. The van der Waals surface area contributed by atoms with Crippen molar-refractivity contribution in [2.45, 2.75) is 19.6 Å². The van der Waals surface area contributed by atoms with Crippen molar-refractivity contribution in [1.82, 2.24) is 19.5 Å². The number of benzene rings is 1. The number of alkyl halides is 3. The summed E-state index contributed by atoms with van der Waals surface area (Å²) in [5.41, 5.74) is 1.52. The molecule has 3 heterocycles. The Morgan fingerprint density at radius 1 is 1.17 bits per heavy atom. The van der Waals surface area contributed by atoms with Gasteiger partial charge in [-0.1, -0.05) is 12.1 Å². The summed E-state index contributed by atoms with van der Waals surface area (Å²) >= 11 is 0. The van der Waals surface area contributed by atoms with E-state index in [4.69, 9.17) is 0 Å². The molecule has 0 atom stereocenters. The fourth-order valence-corrected chi connectivity index (χ4v) is 3.55. The van der Waals surface area contributed by atoms with E-state index in [1.165, 1.54) is 12.4 Å². The summed E-state index contributed by atoms with van der Waals surface area (Å²) in [5, 5.41) is 7.34. The highest BCUT2D eigenvalue weighted by Crippen LogP contribution is 2.30. The van der Waals surface area contributed by atoms with Crippen LogP contribution in [0.2, 0.25) is 0 Å². The standard InChI is InChI=1S/C20H21F3N6O/c1-14(30)27-5-7-28(8-6-27)17-10-18-19(25-13-26-29(18)12-17)24-11-15-3-2-4-16(9-15)20(21,22)23/h2-4,9-10,12-13H,5-8,11H2,1H3,(H,24,25,26). The lowest BCUT2D eigenvalue weighted by Crippen LogP contribution is -2.48. The van der Waals surface area contributed by atoms with Crippen LogP contribution < -0.4 is 10.2 Å². The predicted octanol–water partition coefficient (Wildman–Crippen LogP) is 3.03. The van der Waals surface area contributed by atoms with Crippen molar-refractivity contribution >= 4 is 22.9 Å². The first-order chi connectivity index (χ1) is 14.3. The molecule has 1 fully saturated rings. The zero-order chi connectivity index (χ0) is 21.3. The van der Waals surface area contributed by atoms with Crippen LogP contribution in [0, 0.1) is 0 Å². The van der Waals surface area contributed by atoms with Gasteiger partial charge in [-0.25, -0.2) is 9.50 Å². The molecule has 30 heavy (non-hydrogen) atoms. The second-order valence-corrected chi connectivity index (χ2v) is 7.18. The summed E-state index contributed by atoms with van der Waals surface area (Å²) in [4.78, 5) is 19.7. The highest BCUT2D eigenvalue weighted by molar-refractivity contribution is 5.75. The fourth-order valence-electron chi connectivity index (χ4n) is 3.55. The van der Waals surface area contributed by atoms with Gasteiger partial charge in [-0.2, -0.15) is 18.3 Å². The van der Waals surface area contributed by atoms with Gasteiger partial charge in [-0.15, -0.1) is 0 Å². The van der Waals surface area contributed by atoms with Gasteiger partial charge in [0, 0.05) is 39.6 Å². The van der Waals surface area contributed by atoms with Crippen LogP contribution in [0.5, 0.6) is 0 Å². The van der Waals surface area contributed by atoms with Crippen LogP contribution in [-0.4, -0.2) is 51.6 Å². The molecular formula is C20H21F3N6O. The first kappa shape index (κ1) is 20.0. The maximum atomic E-state index is 12.9. The minimum absolute atomic E-state index is 0.0728. The number of carbonyl (C=O) groups excluding carboxylic acids is 1. The number of halogens is 3. The number of aromatic nitrogens is 3. The summed E-state index contributed by atoms with van der Waals surface area (Å²) < 4.78 is 40.4. The molecule has 158 valence electrons. The molecule has 0 aliphatic carbocycles. The van der Waals surface area contributed by atoms with Gasteiger partial charge in [0.25, 0.3) is 0 Å². The molecule has 1 amide bonds. The number of anilines is 2. The zero-order valence-electron chi connectivity index (χ0n) is 16.4. The number of nitrogens with zero attached hydrogens (tertiary/aromatic N) is 5. The highest BCUT2D eigenvalue weighted by atomic mass is 19.4. The molecule has 3 aromatic rings. The largest absolute Gasteiger partial charge is 0.416 e. The summed E-state index contributed by atoms with van der Waals surface area (Å²) in [7, 11) is 0. The quantitative estimate of drug-likeness (QED) is 0.706. The maximum absolute atomic E-state index is 12.9. The first-order valence-corrected chi connectivity index (χ1v) is 9.55. The smallest absolute Gasteiger partial charge is 0.367 e. The molecule has 1 saturated heterocycles. The van der Waals surface area contributed by atoms with Crippen LogP contribution in [0.25, 0.3) is 5.52 Å². The normalized spacial score (nSPS) is 14.9. The molecule has 0 unspecified atom stereocenters. The number of nitrogens with one attached hydrogen (secondary N) is 1. The second kappa shape index (κ2) is 7.85. The molecule has 1 aliphatic rings. The molecule has 0 spiro atoms. The van der Waals surface area contributed by atoms with Crippen LogP contribution >= 0.6 is 0 Å². The molecule has 1 aliphatic heterocycles. The van der Waals surface area contributed by atoms with Crippen molar-refractivity contribution < 1.29 is 18.0 Å². The van der Waals surface area contributed by atoms with E-state index in [0.717, 1.165) is 36.4 Å². The Balaban J connectivity index is 1.50. The van der Waals surface area contributed by atoms with Gasteiger partial charge in [0.2, 0.25) is 5.91 Å². The first-order valence-electron chi connectivity index (χ1n) is 9.55. The number of amides is 1. The van der Waals surface area contributed by atoms with E-state index in [9.17, 15) is 18.0 Å². The number of hydrogen-bond acceptors (Lipinski definition) is 5. The van der Waals surface area contributed by atoms with E-state index in [0.29, 0.717) is 24.5 Å². The summed E-state index contributed by atoms with van der Waals surface area (Å²) in [6.45, 7) is 4.53. The predicted molar refractivity (Wildman–Crippen MR) is 106 cm³/mol. The average molecular weight is 418 g/mol. The fraction of sp³-hybridized carbons (Fsp3) is 0.350. The van der Waals surface area contributed by atoms with Crippen molar-refractivity contribution in [2.24, 2.45) is 0 Å². The Kier molecular flexibility index (Phi) is 5.23. The summed E-state index contributed by atoms with van der Waals surface area (Å²) in [5.74, 6) is 0.611. The third kappa shape index (κ3) is 4.17. The van der Waals surface area contributed by atoms with Gasteiger partial charge in [0.1, 0.15) is 11.8 Å². The van der Waals surface area contributed by atoms with Crippen molar-refractivity contribution in [3.63, 3.8) is 0 Å². The molecule has 4 rings (SSSR count). The van der Waals surface area contributed by atoms with E-state index < -0.39 is 11.7 Å². The molecule has 1 aromatic carbocycles. The van der Waals surface area contributed by atoms with Crippen LogP contribution in [0.3, 0.4) is 0 Å². The minimum atomic E-state index is -4.37. The maximum Gasteiger partial charge on any atom is 0.416 e. The topological polar surface area (TPSA) is 65.8 Å². The van der Waals surface area contributed by atoms with Crippen LogP contribution in [-0.2, 0) is 17.5 Å². The Morgan fingerprint density at radius 3 is 2.63 bits per heavy atom. The van der Waals surface area contributed by atoms with E-state index in [1.807, 2.05) is 17.2 Å². The number of hydrogen-bond donors (Lipinski definition) is 1. The van der Waals surface area contributed by atoms with Gasteiger partial charge in [-0.3, -0.25) is 4.79 Å². The van der Waals surface area contributed by atoms with Crippen LogP contribution in [0.1, 0.15) is 18.1 Å². The van der Waals surface area contributed by atoms with Gasteiger partial charge in [0.15, 0.2) is 5.82 Å². The summed E-state index contributed by atoms with van der Waals surface area (Å²) in [6, 6.07) is 7.16. The molecule has 0 radical (unpaired) electrons.